The van der Waals surface area contributed by atoms with Crippen LogP contribution in [0.4, 0.5) is 5.69 Å². The molecular weight excluding hydrogens is 320 g/mol. The van der Waals surface area contributed by atoms with Crippen molar-refractivity contribution >= 4 is 40.6 Å². The molecule has 2 heterocycles. The summed E-state index contributed by atoms with van der Waals surface area (Å²) < 4.78 is 1.86. The fraction of sp³-hybridized carbons (Fsp3) is 0.133. The van der Waals surface area contributed by atoms with Crippen LogP contribution in [0.25, 0.3) is 5.65 Å². The van der Waals surface area contributed by atoms with Crippen LogP contribution in [0, 0.1) is 0 Å². The Balaban J connectivity index is 1.69. The lowest BCUT2D eigenvalue weighted by atomic mass is 10.3. The number of nitrogens with one attached hydrogen (secondary N) is 1. The van der Waals surface area contributed by atoms with E-state index in [1.165, 1.54) is 11.8 Å². The minimum Gasteiger partial charge on any atom is -0.325 e. The number of aromatic nitrogens is 3. The maximum absolute atomic E-state index is 12.2. The van der Waals surface area contributed by atoms with Crippen LogP contribution in [0.3, 0.4) is 0 Å². The quantitative estimate of drug-likeness (QED) is 0.743. The van der Waals surface area contributed by atoms with Crippen LogP contribution in [0.15, 0.2) is 53.8 Å². The average molecular weight is 333 g/mol. The predicted octanol–water partition coefficient (Wildman–Crippen LogP) is 3.50. The molecule has 0 fully saturated rings. The molecule has 0 unspecified atom stereocenters. The molecule has 1 amide bonds. The Labute approximate surface area is 136 Å². The van der Waals surface area contributed by atoms with Crippen molar-refractivity contribution in [1.29, 1.82) is 0 Å². The molecule has 0 saturated heterocycles. The highest BCUT2D eigenvalue weighted by atomic mass is 35.5. The summed E-state index contributed by atoms with van der Waals surface area (Å²) in [7, 11) is 0. The second kappa shape index (κ2) is 6.37. The van der Waals surface area contributed by atoms with Crippen molar-refractivity contribution in [3.8, 4) is 0 Å². The first-order valence-corrected chi connectivity index (χ1v) is 7.92. The predicted molar refractivity (Wildman–Crippen MR) is 88.4 cm³/mol. The van der Waals surface area contributed by atoms with Gasteiger partial charge < -0.3 is 5.32 Å². The van der Waals surface area contributed by atoms with Crippen molar-refractivity contribution in [3.05, 3.63) is 53.7 Å². The van der Waals surface area contributed by atoms with Crippen LogP contribution >= 0.6 is 23.4 Å². The Morgan fingerprint density at radius 1 is 1.23 bits per heavy atom. The third kappa shape index (κ3) is 3.23. The summed E-state index contributed by atoms with van der Waals surface area (Å²) >= 11 is 7.19. The highest BCUT2D eigenvalue weighted by Gasteiger charge is 2.17. The molecule has 2 aromatic heterocycles. The standard InChI is InChI=1S/C15H13ClN4OS/c1-10(14(21)17-12-7-5-11(16)6-8-12)22-15-19-18-13-4-2-3-9-20(13)15/h2-10H,1H3,(H,17,21)/t10-/m1/s1. The minimum absolute atomic E-state index is 0.0972. The number of hydrogen-bond acceptors (Lipinski definition) is 4. The molecule has 112 valence electrons. The number of halogens is 1. The largest absolute Gasteiger partial charge is 0.325 e. The van der Waals surface area contributed by atoms with Crippen molar-refractivity contribution in [2.75, 3.05) is 5.32 Å². The lowest BCUT2D eigenvalue weighted by Gasteiger charge is -2.11. The summed E-state index contributed by atoms with van der Waals surface area (Å²) in [5.74, 6) is -0.0972. The van der Waals surface area contributed by atoms with E-state index in [9.17, 15) is 4.79 Å². The molecule has 0 radical (unpaired) electrons. The van der Waals surface area contributed by atoms with Crippen molar-refractivity contribution in [2.45, 2.75) is 17.3 Å². The van der Waals surface area contributed by atoms with Gasteiger partial charge in [-0.3, -0.25) is 9.20 Å². The summed E-state index contributed by atoms with van der Waals surface area (Å²) in [6.07, 6.45) is 1.88. The number of carbonyl (C=O) groups is 1. The second-order valence-corrected chi connectivity index (χ2v) is 6.41. The van der Waals surface area contributed by atoms with Gasteiger partial charge in [0, 0.05) is 16.9 Å². The highest BCUT2D eigenvalue weighted by Crippen LogP contribution is 2.23. The lowest BCUT2D eigenvalue weighted by Crippen LogP contribution is -2.22. The topological polar surface area (TPSA) is 59.3 Å². The third-order valence-corrected chi connectivity index (χ3v) is 4.35. The van der Waals surface area contributed by atoms with Gasteiger partial charge in [-0.15, -0.1) is 10.2 Å². The lowest BCUT2D eigenvalue weighted by molar-refractivity contribution is -0.115. The van der Waals surface area contributed by atoms with Gasteiger partial charge in [0.05, 0.1) is 5.25 Å². The van der Waals surface area contributed by atoms with E-state index in [2.05, 4.69) is 15.5 Å². The summed E-state index contributed by atoms with van der Waals surface area (Å²) in [6, 6.07) is 12.7. The number of rotatable bonds is 4. The van der Waals surface area contributed by atoms with Crippen LogP contribution in [-0.2, 0) is 4.79 Å². The van der Waals surface area contributed by atoms with Crippen LogP contribution in [0.1, 0.15) is 6.92 Å². The molecule has 0 bridgehead atoms. The Kier molecular flexibility index (Phi) is 4.31. The number of fused-ring (bicyclic) bond motifs is 1. The molecule has 3 rings (SSSR count). The van der Waals surface area contributed by atoms with Gasteiger partial charge in [-0.25, -0.2) is 0 Å². The maximum Gasteiger partial charge on any atom is 0.237 e. The number of thioether (sulfide) groups is 1. The molecular formula is C15H13ClN4OS. The number of anilines is 1. The SMILES string of the molecule is C[C@@H](Sc1nnc2ccccn12)C(=O)Nc1ccc(Cl)cc1. The molecule has 5 nitrogen and oxygen atoms in total. The molecule has 7 heteroatoms. The summed E-state index contributed by atoms with van der Waals surface area (Å²) in [4.78, 5) is 12.2. The Morgan fingerprint density at radius 3 is 2.77 bits per heavy atom. The fourth-order valence-corrected chi connectivity index (χ4v) is 2.85. The molecule has 1 N–H and O–H groups in total. The first-order valence-electron chi connectivity index (χ1n) is 6.66. The van der Waals surface area contributed by atoms with Crippen molar-refractivity contribution < 1.29 is 4.79 Å². The van der Waals surface area contributed by atoms with E-state index in [0.29, 0.717) is 15.9 Å². The molecule has 0 saturated carbocycles. The molecule has 3 aromatic rings. The van der Waals surface area contributed by atoms with E-state index in [-0.39, 0.29) is 11.2 Å². The van der Waals surface area contributed by atoms with Crippen molar-refractivity contribution in [2.24, 2.45) is 0 Å². The Morgan fingerprint density at radius 2 is 2.00 bits per heavy atom. The molecule has 22 heavy (non-hydrogen) atoms. The van der Waals surface area contributed by atoms with Crippen LogP contribution in [0.2, 0.25) is 5.02 Å². The zero-order valence-electron chi connectivity index (χ0n) is 11.7. The highest BCUT2D eigenvalue weighted by molar-refractivity contribution is 8.00. The Bertz CT molecular complexity index is 803. The number of amides is 1. The normalized spacial score (nSPS) is 12.3. The molecule has 0 aliphatic carbocycles. The maximum atomic E-state index is 12.2. The van der Waals surface area contributed by atoms with Crippen molar-refractivity contribution in [3.63, 3.8) is 0 Å². The molecule has 1 atom stereocenters. The van der Waals surface area contributed by atoms with E-state index >= 15 is 0 Å². The monoisotopic (exact) mass is 332 g/mol. The van der Waals surface area contributed by atoms with E-state index in [1.807, 2.05) is 35.7 Å². The van der Waals surface area contributed by atoms with Gasteiger partial charge in [-0.05, 0) is 43.3 Å². The molecule has 0 spiro atoms. The molecule has 1 aromatic carbocycles. The van der Waals surface area contributed by atoms with Gasteiger partial charge in [-0.2, -0.15) is 0 Å². The average Bonchev–Trinajstić information content (AvgIpc) is 2.93. The number of carbonyl (C=O) groups excluding carboxylic acids is 1. The van der Waals surface area contributed by atoms with Crippen LogP contribution in [-0.4, -0.2) is 25.8 Å². The number of hydrogen-bond donors (Lipinski definition) is 1. The summed E-state index contributed by atoms with van der Waals surface area (Å²) in [6.45, 7) is 1.83. The van der Waals surface area contributed by atoms with E-state index in [1.54, 1.807) is 24.3 Å². The zero-order chi connectivity index (χ0) is 15.5. The van der Waals surface area contributed by atoms with Gasteiger partial charge in [0.2, 0.25) is 5.91 Å². The zero-order valence-corrected chi connectivity index (χ0v) is 13.3. The van der Waals surface area contributed by atoms with Gasteiger partial charge in [-0.1, -0.05) is 29.4 Å². The minimum atomic E-state index is -0.303. The van der Waals surface area contributed by atoms with Gasteiger partial charge in [0.1, 0.15) is 0 Å². The fourth-order valence-electron chi connectivity index (χ4n) is 1.89. The first kappa shape index (κ1) is 14.9. The number of benzene rings is 1. The number of nitrogens with zero attached hydrogens (tertiary/aromatic N) is 3. The van der Waals surface area contributed by atoms with Crippen LogP contribution in [0.5, 0.6) is 0 Å². The van der Waals surface area contributed by atoms with E-state index in [0.717, 1.165) is 5.65 Å². The molecule has 0 aliphatic rings. The number of pyridine rings is 1. The first-order chi connectivity index (χ1) is 10.6. The second-order valence-electron chi connectivity index (χ2n) is 4.67. The van der Waals surface area contributed by atoms with E-state index in [4.69, 9.17) is 11.6 Å². The summed E-state index contributed by atoms with van der Waals surface area (Å²) in [5.41, 5.74) is 1.48. The Hall–Kier alpha value is -2.05. The smallest absolute Gasteiger partial charge is 0.237 e. The van der Waals surface area contributed by atoms with E-state index < -0.39 is 0 Å². The van der Waals surface area contributed by atoms with Crippen LogP contribution < -0.4 is 5.32 Å². The van der Waals surface area contributed by atoms with Gasteiger partial charge >= 0.3 is 0 Å². The summed E-state index contributed by atoms with van der Waals surface area (Å²) in [5, 5.41) is 12.1. The molecule has 0 aliphatic heterocycles. The third-order valence-electron chi connectivity index (χ3n) is 3.05. The van der Waals surface area contributed by atoms with Gasteiger partial charge in [0.15, 0.2) is 10.8 Å². The van der Waals surface area contributed by atoms with Crippen molar-refractivity contribution in [1.82, 2.24) is 14.6 Å². The van der Waals surface area contributed by atoms with Gasteiger partial charge in [0.25, 0.3) is 0 Å².